The first kappa shape index (κ1) is 13.1. The Morgan fingerprint density at radius 3 is 2.38 bits per heavy atom. The number of ether oxygens (including phenoxy) is 1. The first-order valence-corrected chi connectivity index (χ1v) is 6.64. The van der Waals surface area contributed by atoms with Crippen molar-refractivity contribution in [3.63, 3.8) is 0 Å². The fourth-order valence-corrected chi connectivity index (χ4v) is 2.01. The van der Waals surface area contributed by atoms with Crippen LogP contribution in [-0.2, 0) is 0 Å². The number of aromatic nitrogens is 2. The van der Waals surface area contributed by atoms with Crippen LogP contribution in [0.5, 0.6) is 5.75 Å². The van der Waals surface area contributed by atoms with Gasteiger partial charge in [-0.05, 0) is 36.4 Å². The molecule has 21 heavy (non-hydrogen) atoms. The standard InChI is InChI=1S/C17H15N3O/c1-21-15-9-7-13(8-10-15)16-11-17(19-12-18-16)20-14-5-3-2-4-6-14/h2-12H,1H3,(H,18,19,20). The van der Waals surface area contributed by atoms with Crippen LogP contribution in [0.15, 0.2) is 67.0 Å². The largest absolute Gasteiger partial charge is 0.497 e. The fraction of sp³-hybridized carbons (Fsp3) is 0.0588. The molecule has 1 N–H and O–H groups in total. The van der Waals surface area contributed by atoms with Gasteiger partial charge in [0.1, 0.15) is 17.9 Å². The van der Waals surface area contributed by atoms with Crippen LogP contribution in [0, 0.1) is 0 Å². The predicted octanol–water partition coefficient (Wildman–Crippen LogP) is 3.90. The molecule has 1 heterocycles. The van der Waals surface area contributed by atoms with Crippen LogP contribution in [-0.4, -0.2) is 17.1 Å². The molecule has 0 amide bonds. The van der Waals surface area contributed by atoms with Gasteiger partial charge in [-0.25, -0.2) is 9.97 Å². The average Bonchev–Trinajstić information content (AvgIpc) is 2.56. The number of hydrogen-bond acceptors (Lipinski definition) is 4. The summed E-state index contributed by atoms with van der Waals surface area (Å²) in [5.41, 5.74) is 2.89. The maximum Gasteiger partial charge on any atom is 0.134 e. The lowest BCUT2D eigenvalue weighted by Gasteiger charge is -2.07. The zero-order chi connectivity index (χ0) is 14.5. The normalized spacial score (nSPS) is 10.1. The molecule has 0 unspecified atom stereocenters. The number of para-hydroxylation sites is 1. The molecule has 0 saturated carbocycles. The molecule has 2 aromatic carbocycles. The molecule has 0 aliphatic heterocycles. The zero-order valence-electron chi connectivity index (χ0n) is 11.7. The van der Waals surface area contributed by atoms with E-state index < -0.39 is 0 Å². The van der Waals surface area contributed by atoms with Crippen LogP contribution in [0.3, 0.4) is 0 Å². The van der Waals surface area contributed by atoms with Crippen LogP contribution in [0.2, 0.25) is 0 Å². The van der Waals surface area contributed by atoms with Crippen molar-refractivity contribution >= 4 is 11.5 Å². The molecule has 4 nitrogen and oxygen atoms in total. The first-order chi connectivity index (χ1) is 10.3. The molecule has 3 aromatic rings. The summed E-state index contributed by atoms with van der Waals surface area (Å²) >= 11 is 0. The Labute approximate surface area is 123 Å². The van der Waals surface area contributed by atoms with E-state index in [1.54, 1.807) is 13.4 Å². The summed E-state index contributed by atoms with van der Waals surface area (Å²) in [6.07, 6.45) is 1.56. The molecule has 0 spiro atoms. The fourth-order valence-electron chi connectivity index (χ4n) is 2.01. The minimum absolute atomic E-state index is 0.766. The quantitative estimate of drug-likeness (QED) is 0.785. The minimum Gasteiger partial charge on any atom is -0.497 e. The van der Waals surface area contributed by atoms with Gasteiger partial charge < -0.3 is 10.1 Å². The molecule has 0 radical (unpaired) electrons. The zero-order valence-corrected chi connectivity index (χ0v) is 11.7. The molecular weight excluding hydrogens is 262 g/mol. The lowest BCUT2D eigenvalue weighted by Crippen LogP contribution is -1.95. The molecule has 0 atom stereocenters. The van der Waals surface area contributed by atoms with Crippen molar-refractivity contribution in [1.29, 1.82) is 0 Å². The van der Waals surface area contributed by atoms with E-state index in [2.05, 4.69) is 15.3 Å². The van der Waals surface area contributed by atoms with Gasteiger partial charge in [-0.1, -0.05) is 18.2 Å². The minimum atomic E-state index is 0.766. The van der Waals surface area contributed by atoms with Crippen LogP contribution in [0.1, 0.15) is 0 Å². The highest BCUT2D eigenvalue weighted by atomic mass is 16.5. The van der Waals surface area contributed by atoms with Crippen molar-refractivity contribution < 1.29 is 4.74 Å². The molecule has 0 saturated heterocycles. The Morgan fingerprint density at radius 1 is 0.905 bits per heavy atom. The second-order valence-corrected chi connectivity index (χ2v) is 4.51. The maximum atomic E-state index is 5.16. The van der Waals surface area contributed by atoms with Gasteiger partial charge >= 0.3 is 0 Å². The van der Waals surface area contributed by atoms with E-state index in [4.69, 9.17) is 4.74 Å². The Morgan fingerprint density at radius 2 is 1.67 bits per heavy atom. The highest BCUT2D eigenvalue weighted by Crippen LogP contribution is 2.23. The molecule has 0 fully saturated rings. The van der Waals surface area contributed by atoms with Crippen LogP contribution in [0.4, 0.5) is 11.5 Å². The number of hydrogen-bond donors (Lipinski definition) is 1. The Bertz CT molecular complexity index is 712. The van der Waals surface area contributed by atoms with Crippen molar-refractivity contribution in [3.8, 4) is 17.0 Å². The molecule has 4 heteroatoms. The predicted molar refractivity (Wildman–Crippen MR) is 83.7 cm³/mol. The van der Waals surface area contributed by atoms with Crippen LogP contribution in [0.25, 0.3) is 11.3 Å². The van der Waals surface area contributed by atoms with Gasteiger partial charge in [-0.2, -0.15) is 0 Å². The molecule has 1 aromatic heterocycles. The van der Waals surface area contributed by atoms with E-state index in [1.807, 2.05) is 60.7 Å². The Kier molecular flexibility index (Phi) is 3.78. The van der Waals surface area contributed by atoms with Gasteiger partial charge in [0.25, 0.3) is 0 Å². The lowest BCUT2D eigenvalue weighted by atomic mass is 10.1. The second-order valence-electron chi connectivity index (χ2n) is 4.51. The molecule has 104 valence electrons. The molecule has 0 aliphatic carbocycles. The topological polar surface area (TPSA) is 47.0 Å². The van der Waals surface area contributed by atoms with Crippen LogP contribution >= 0.6 is 0 Å². The SMILES string of the molecule is COc1ccc(-c2cc(Nc3ccccc3)ncn2)cc1. The van der Waals surface area contributed by atoms with Gasteiger partial charge in [0, 0.05) is 17.3 Å². The summed E-state index contributed by atoms with van der Waals surface area (Å²) in [5.74, 6) is 1.59. The summed E-state index contributed by atoms with van der Waals surface area (Å²) in [7, 11) is 1.65. The number of methoxy groups -OCH3 is 1. The van der Waals surface area contributed by atoms with Crippen molar-refractivity contribution in [3.05, 3.63) is 67.0 Å². The summed E-state index contributed by atoms with van der Waals surface area (Å²) in [4.78, 5) is 8.56. The Balaban J connectivity index is 1.85. The third-order valence-corrected chi connectivity index (χ3v) is 3.10. The summed E-state index contributed by atoms with van der Waals surface area (Å²) in [5, 5.41) is 3.26. The smallest absolute Gasteiger partial charge is 0.134 e. The number of anilines is 2. The number of benzene rings is 2. The van der Waals surface area contributed by atoms with E-state index in [9.17, 15) is 0 Å². The monoisotopic (exact) mass is 277 g/mol. The van der Waals surface area contributed by atoms with Crippen molar-refractivity contribution in [2.75, 3.05) is 12.4 Å². The van der Waals surface area contributed by atoms with Crippen LogP contribution < -0.4 is 10.1 Å². The van der Waals surface area contributed by atoms with Crippen molar-refractivity contribution in [2.24, 2.45) is 0 Å². The van der Waals surface area contributed by atoms with E-state index >= 15 is 0 Å². The van der Waals surface area contributed by atoms with Gasteiger partial charge in [-0.15, -0.1) is 0 Å². The molecule has 0 aliphatic rings. The number of rotatable bonds is 4. The van der Waals surface area contributed by atoms with Gasteiger partial charge in [0.05, 0.1) is 12.8 Å². The average molecular weight is 277 g/mol. The molecule has 3 rings (SSSR count). The second kappa shape index (κ2) is 6.05. The highest BCUT2D eigenvalue weighted by Gasteiger charge is 2.03. The maximum absolute atomic E-state index is 5.16. The van der Waals surface area contributed by atoms with E-state index in [1.165, 1.54) is 0 Å². The third kappa shape index (κ3) is 3.17. The number of nitrogens with one attached hydrogen (secondary N) is 1. The summed E-state index contributed by atoms with van der Waals surface area (Å²) < 4.78 is 5.16. The van der Waals surface area contributed by atoms with E-state index in [0.29, 0.717) is 0 Å². The Hall–Kier alpha value is -2.88. The molecule has 0 bridgehead atoms. The van der Waals surface area contributed by atoms with Crippen molar-refractivity contribution in [2.45, 2.75) is 0 Å². The van der Waals surface area contributed by atoms with Gasteiger partial charge in [-0.3, -0.25) is 0 Å². The highest BCUT2D eigenvalue weighted by molar-refractivity contribution is 5.65. The summed E-state index contributed by atoms with van der Waals surface area (Å²) in [6.45, 7) is 0. The summed E-state index contributed by atoms with van der Waals surface area (Å²) in [6, 6.07) is 19.7. The van der Waals surface area contributed by atoms with Crippen molar-refractivity contribution in [1.82, 2.24) is 9.97 Å². The van der Waals surface area contributed by atoms with Gasteiger partial charge in [0.2, 0.25) is 0 Å². The molecular formula is C17H15N3O. The lowest BCUT2D eigenvalue weighted by molar-refractivity contribution is 0.415. The van der Waals surface area contributed by atoms with E-state index in [0.717, 1.165) is 28.5 Å². The number of nitrogens with zero attached hydrogens (tertiary/aromatic N) is 2. The van der Waals surface area contributed by atoms with Gasteiger partial charge in [0.15, 0.2) is 0 Å². The third-order valence-electron chi connectivity index (χ3n) is 3.10. The first-order valence-electron chi connectivity index (χ1n) is 6.64. The van der Waals surface area contributed by atoms with E-state index in [-0.39, 0.29) is 0 Å².